The molecule has 0 atom stereocenters. The van der Waals surface area contributed by atoms with Crippen molar-refractivity contribution in [3.8, 4) is 0 Å². The lowest BCUT2D eigenvalue weighted by Crippen LogP contribution is -2.43. The van der Waals surface area contributed by atoms with E-state index in [1.165, 1.54) is 13.8 Å². The topological polar surface area (TPSA) is 37.3 Å². The van der Waals surface area contributed by atoms with E-state index in [0.29, 0.717) is 18.4 Å². The first kappa shape index (κ1) is 13.1. The number of benzene rings is 1. The van der Waals surface area contributed by atoms with Crippen molar-refractivity contribution >= 4 is 5.97 Å². The Morgan fingerprint density at radius 1 is 1.39 bits per heavy atom. The summed E-state index contributed by atoms with van der Waals surface area (Å²) in [5, 5.41) is 9.46. The lowest BCUT2D eigenvalue weighted by Gasteiger charge is -2.39. The van der Waals surface area contributed by atoms with Crippen LogP contribution in [-0.2, 0) is 15.9 Å². The second-order valence-electron chi connectivity index (χ2n) is 5.74. The van der Waals surface area contributed by atoms with Crippen LogP contribution in [0.3, 0.4) is 0 Å². The molecule has 1 aromatic carbocycles. The van der Waals surface area contributed by atoms with Crippen LogP contribution >= 0.6 is 0 Å². The lowest BCUT2D eigenvalue weighted by atomic mass is 9.63. The van der Waals surface area contributed by atoms with Gasteiger partial charge >= 0.3 is 5.97 Å². The molecule has 18 heavy (non-hydrogen) atoms. The Morgan fingerprint density at radius 2 is 2.00 bits per heavy atom. The molecular weight excluding hydrogens is 231 g/mol. The number of aryl methyl sites for hydroxylation is 1. The summed E-state index contributed by atoms with van der Waals surface area (Å²) in [6.07, 6.45) is 2.23. The number of hydrogen-bond donors (Lipinski definition) is 1. The third kappa shape index (κ3) is 1.92. The molecule has 1 aliphatic rings. The van der Waals surface area contributed by atoms with Gasteiger partial charge in [-0.2, -0.15) is 0 Å². The quantitative estimate of drug-likeness (QED) is 0.888. The zero-order valence-corrected chi connectivity index (χ0v) is 11.1. The van der Waals surface area contributed by atoms with Gasteiger partial charge in [0.25, 0.3) is 0 Å². The number of carbonyl (C=O) groups is 1. The molecule has 0 amide bonds. The molecule has 0 spiro atoms. The third-order valence-corrected chi connectivity index (χ3v) is 4.06. The molecule has 0 aliphatic heterocycles. The normalized spacial score (nSPS) is 18.2. The molecule has 0 saturated heterocycles. The van der Waals surface area contributed by atoms with Gasteiger partial charge in [-0.3, -0.25) is 4.79 Å². The summed E-state index contributed by atoms with van der Waals surface area (Å²) in [5.74, 6) is -0.786. The van der Waals surface area contributed by atoms with Crippen molar-refractivity contribution in [3.63, 3.8) is 0 Å². The van der Waals surface area contributed by atoms with Crippen molar-refractivity contribution in [3.05, 3.63) is 34.9 Å². The van der Waals surface area contributed by atoms with E-state index < -0.39 is 17.1 Å². The highest BCUT2D eigenvalue weighted by Crippen LogP contribution is 2.46. The molecule has 1 fully saturated rings. The van der Waals surface area contributed by atoms with Crippen LogP contribution in [0.15, 0.2) is 18.2 Å². The van der Waals surface area contributed by atoms with Crippen molar-refractivity contribution in [2.75, 3.05) is 0 Å². The van der Waals surface area contributed by atoms with E-state index in [9.17, 15) is 14.3 Å². The highest BCUT2D eigenvalue weighted by molar-refractivity contribution is 5.83. The summed E-state index contributed by atoms with van der Waals surface area (Å²) in [4.78, 5) is 11.5. The van der Waals surface area contributed by atoms with Crippen molar-refractivity contribution in [2.24, 2.45) is 0 Å². The highest BCUT2D eigenvalue weighted by Gasteiger charge is 2.47. The standard InChI is InChI=1S/C15H19FO2/c1-10-5-6-11(14(2,3)16)9-12(10)15(13(17)18)7-4-8-15/h5-6,9H,4,7-8H2,1-3H3,(H,17,18). The van der Waals surface area contributed by atoms with Crippen molar-refractivity contribution in [1.82, 2.24) is 0 Å². The molecule has 3 heteroatoms. The summed E-state index contributed by atoms with van der Waals surface area (Å²) in [6, 6.07) is 5.31. The van der Waals surface area contributed by atoms with Gasteiger partial charge in [-0.15, -0.1) is 0 Å². The number of carboxylic acid groups (broad SMARTS) is 1. The predicted molar refractivity (Wildman–Crippen MR) is 68.5 cm³/mol. The van der Waals surface area contributed by atoms with E-state index in [1.54, 1.807) is 12.1 Å². The zero-order chi connectivity index (χ0) is 13.6. The van der Waals surface area contributed by atoms with Crippen LogP contribution in [0.2, 0.25) is 0 Å². The fourth-order valence-corrected chi connectivity index (χ4v) is 2.64. The van der Waals surface area contributed by atoms with Gasteiger partial charge in [-0.25, -0.2) is 4.39 Å². The smallest absolute Gasteiger partial charge is 0.314 e. The molecule has 1 saturated carbocycles. The Kier molecular flexibility index (Phi) is 2.96. The Morgan fingerprint density at radius 3 is 2.39 bits per heavy atom. The number of alkyl halides is 1. The molecule has 2 nitrogen and oxygen atoms in total. The molecule has 0 unspecified atom stereocenters. The molecule has 0 bridgehead atoms. The molecule has 98 valence electrons. The molecule has 2 rings (SSSR count). The molecule has 0 radical (unpaired) electrons. The average Bonchev–Trinajstić information content (AvgIpc) is 2.16. The maximum atomic E-state index is 14.0. The van der Waals surface area contributed by atoms with Crippen LogP contribution in [0.5, 0.6) is 0 Å². The van der Waals surface area contributed by atoms with Gasteiger partial charge in [0, 0.05) is 0 Å². The van der Waals surface area contributed by atoms with Crippen LogP contribution in [0.1, 0.15) is 49.8 Å². The second-order valence-corrected chi connectivity index (χ2v) is 5.74. The van der Waals surface area contributed by atoms with E-state index in [-0.39, 0.29) is 0 Å². The SMILES string of the molecule is Cc1ccc(C(C)(C)F)cc1C1(C(=O)O)CCC1. The van der Waals surface area contributed by atoms with Crippen LogP contribution in [0.4, 0.5) is 4.39 Å². The van der Waals surface area contributed by atoms with Crippen LogP contribution in [0.25, 0.3) is 0 Å². The van der Waals surface area contributed by atoms with Crippen LogP contribution in [0, 0.1) is 6.92 Å². The number of carboxylic acids is 1. The summed E-state index contributed by atoms with van der Waals surface area (Å²) in [5.41, 5.74) is 0.0437. The fourth-order valence-electron chi connectivity index (χ4n) is 2.64. The third-order valence-electron chi connectivity index (χ3n) is 4.06. The minimum absolute atomic E-state index is 0.552. The Labute approximate surface area is 107 Å². The van der Waals surface area contributed by atoms with E-state index in [1.807, 2.05) is 13.0 Å². The van der Waals surface area contributed by atoms with E-state index >= 15 is 0 Å². The molecule has 0 aromatic heterocycles. The van der Waals surface area contributed by atoms with E-state index in [2.05, 4.69) is 0 Å². The van der Waals surface area contributed by atoms with Gasteiger partial charge in [0.15, 0.2) is 0 Å². The number of rotatable bonds is 3. The van der Waals surface area contributed by atoms with Crippen molar-refractivity contribution < 1.29 is 14.3 Å². The molecule has 1 aromatic rings. The van der Waals surface area contributed by atoms with Crippen molar-refractivity contribution in [2.45, 2.75) is 51.1 Å². The molecule has 1 aliphatic carbocycles. The molecule has 0 heterocycles. The summed E-state index contributed by atoms with van der Waals surface area (Å²) < 4.78 is 14.0. The fraction of sp³-hybridized carbons (Fsp3) is 0.533. The first-order chi connectivity index (χ1) is 8.27. The van der Waals surface area contributed by atoms with Gasteiger partial charge in [0.1, 0.15) is 5.67 Å². The Balaban J connectivity index is 2.53. The van der Waals surface area contributed by atoms with Gasteiger partial charge in [0.2, 0.25) is 0 Å². The van der Waals surface area contributed by atoms with Crippen molar-refractivity contribution in [1.29, 1.82) is 0 Å². The number of aliphatic carboxylic acids is 1. The monoisotopic (exact) mass is 250 g/mol. The number of hydrogen-bond acceptors (Lipinski definition) is 1. The first-order valence-electron chi connectivity index (χ1n) is 6.31. The first-order valence-corrected chi connectivity index (χ1v) is 6.31. The van der Waals surface area contributed by atoms with Crippen LogP contribution in [-0.4, -0.2) is 11.1 Å². The Hall–Kier alpha value is -1.38. The maximum absolute atomic E-state index is 14.0. The van der Waals surface area contributed by atoms with Gasteiger partial charge in [-0.05, 0) is 50.3 Å². The lowest BCUT2D eigenvalue weighted by molar-refractivity contribution is -0.147. The maximum Gasteiger partial charge on any atom is 0.314 e. The van der Waals surface area contributed by atoms with Gasteiger partial charge in [-0.1, -0.05) is 24.6 Å². The van der Waals surface area contributed by atoms with Gasteiger partial charge in [0.05, 0.1) is 5.41 Å². The minimum atomic E-state index is -1.44. The highest BCUT2D eigenvalue weighted by atomic mass is 19.1. The summed E-state index contributed by atoms with van der Waals surface area (Å²) >= 11 is 0. The van der Waals surface area contributed by atoms with E-state index in [4.69, 9.17) is 0 Å². The molecule has 1 N–H and O–H groups in total. The Bertz CT molecular complexity index is 482. The minimum Gasteiger partial charge on any atom is -0.481 e. The number of halogens is 1. The van der Waals surface area contributed by atoms with Crippen LogP contribution < -0.4 is 0 Å². The average molecular weight is 250 g/mol. The second kappa shape index (κ2) is 4.08. The molecular formula is C15H19FO2. The summed E-state index contributed by atoms with van der Waals surface area (Å²) in [6.45, 7) is 4.89. The predicted octanol–water partition coefficient (Wildman–Crippen LogP) is 3.71. The van der Waals surface area contributed by atoms with E-state index in [0.717, 1.165) is 17.5 Å². The largest absolute Gasteiger partial charge is 0.481 e. The summed E-state index contributed by atoms with van der Waals surface area (Å²) in [7, 11) is 0. The zero-order valence-electron chi connectivity index (χ0n) is 11.1. The van der Waals surface area contributed by atoms with Gasteiger partial charge < -0.3 is 5.11 Å².